The molecule has 0 N–H and O–H groups in total. The number of carbonyl (C=O) groups excluding carboxylic acids is 2. The summed E-state index contributed by atoms with van der Waals surface area (Å²) in [5, 5.41) is 0. The standard InChI is InChI=1S/C9H12.2CH2O.ClH/c1-2-6-9-7-4-3-5-8-9;2*1-2;/h3-5,7-8H,2,6H2,1H3;2*1H2;1H. The molecule has 0 heterocycles. The van der Waals surface area contributed by atoms with Crippen molar-refractivity contribution in [3.05, 3.63) is 35.9 Å². The van der Waals surface area contributed by atoms with Gasteiger partial charge in [0.2, 0.25) is 0 Å². The molecule has 14 heavy (non-hydrogen) atoms. The predicted molar refractivity (Wildman–Crippen MR) is 61.9 cm³/mol. The molecule has 0 radical (unpaired) electrons. The number of hydrogen-bond donors (Lipinski definition) is 0. The molecule has 0 aliphatic rings. The van der Waals surface area contributed by atoms with Gasteiger partial charge in [-0.15, -0.1) is 12.4 Å². The van der Waals surface area contributed by atoms with Gasteiger partial charge in [0.25, 0.3) is 0 Å². The van der Waals surface area contributed by atoms with E-state index in [1.165, 1.54) is 18.4 Å². The van der Waals surface area contributed by atoms with Crippen LogP contribution in [0.3, 0.4) is 0 Å². The summed E-state index contributed by atoms with van der Waals surface area (Å²) in [7, 11) is 0. The molecule has 0 spiro atoms. The van der Waals surface area contributed by atoms with Gasteiger partial charge in [0.05, 0.1) is 0 Å². The molecular weight excluding hydrogens is 200 g/mol. The highest BCUT2D eigenvalue weighted by Crippen LogP contribution is 2.00. The monoisotopic (exact) mass is 216 g/mol. The van der Waals surface area contributed by atoms with E-state index in [9.17, 15) is 0 Å². The fraction of sp³-hybridized carbons (Fsp3) is 0.273. The van der Waals surface area contributed by atoms with Gasteiger partial charge in [-0.25, -0.2) is 0 Å². The lowest BCUT2D eigenvalue weighted by molar-refractivity contribution is -0.0987. The van der Waals surface area contributed by atoms with Crippen molar-refractivity contribution >= 4 is 26.0 Å². The van der Waals surface area contributed by atoms with Gasteiger partial charge in [0, 0.05) is 0 Å². The lowest BCUT2D eigenvalue weighted by atomic mass is 10.1. The average molecular weight is 217 g/mol. The molecule has 0 bridgehead atoms. The Balaban J connectivity index is -0.000000216. The highest BCUT2D eigenvalue weighted by Gasteiger charge is 1.84. The molecule has 0 fully saturated rings. The van der Waals surface area contributed by atoms with Gasteiger partial charge in [0.15, 0.2) is 0 Å². The number of carbonyl (C=O) groups is 2. The third kappa shape index (κ3) is 10.8. The van der Waals surface area contributed by atoms with E-state index in [4.69, 9.17) is 9.59 Å². The summed E-state index contributed by atoms with van der Waals surface area (Å²) in [4.78, 5) is 16.0. The molecule has 1 rings (SSSR count). The molecule has 3 heteroatoms. The molecule has 2 nitrogen and oxygen atoms in total. The molecule has 0 unspecified atom stereocenters. The molecular formula is C11H17ClO2. The van der Waals surface area contributed by atoms with Gasteiger partial charge >= 0.3 is 0 Å². The number of benzene rings is 1. The first-order valence-electron chi connectivity index (χ1n) is 4.05. The minimum atomic E-state index is 0. The largest absolute Gasteiger partial charge is 0.307 e. The Kier molecular flexibility index (Phi) is 23.7. The summed E-state index contributed by atoms with van der Waals surface area (Å²) in [6, 6.07) is 10.6. The van der Waals surface area contributed by atoms with Gasteiger partial charge in [-0.3, -0.25) is 0 Å². The average Bonchev–Trinajstić information content (AvgIpc) is 2.26. The van der Waals surface area contributed by atoms with Crippen LogP contribution in [0, 0.1) is 0 Å². The fourth-order valence-corrected chi connectivity index (χ4v) is 0.933. The number of halogens is 1. The van der Waals surface area contributed by atoms with Crippen LogP contribution in [-0.2, 0) is 16.0 Å². The van der Waals surface area contributed by atoms with Crippen LogP contribution in [0.15, 0.2) is 30.3 Å². The summed E-state index contributed by atoms with van der Waals surface area (Å²) < 4.78 is 0. The SMILES string of the molecule is C=O.C=O.CCCc1ccccc1.Cl. The van der Waals surface area contributed by atoms with Crippen LogP contribution in [0.25, 0.3) is 0 Å². The van der Waals surface area contributed by atoms with Crippen molar-refractivity contribution in [2.24, 2.45) is 0 Å². The van der Waals surface area contributed by atoms with Crippen LogP contribution in [0.2, 0.25) is 0 Å². The van der Waals surface area contributed by atoms with Gasteiger partial charge in [-0.05, 0) is 12.0 Å². The first-order valence-corrected chi connectivity index (χ1v) is 4.05. The van der Waals surface area contributed by atoms with Crippen LogP contribution in [-0.4, -0.2) is 13.6 Å². The van der Waals surface area contributed by atoms with Gasteiger partial charge in [-0.2, -0.15) is 0 Å². The Bertz CT molecular complexity index is 188. The summed E-state index contributed by atoms with van der Waals surface area (Å²) in [6.07, 6.45) is 2.45. The van der Waals surface area contributed by atoms with E-state index >= 15 is 0 Å². The van der Waals surface area contributed by atoms with Gasteiger partial charge < -0.3 is 9.59 Å². The molecule has 1 aromatic rings. The predicted octanol–water partition coefficient (Wildman–Crippen LogP) is 2.69. The Labute approximate surface area is 91.7 Å². The van der Waals surface area contributed by atoms with Crippen molar-refractivity contribution in [2.75, 3.05) is 0 Å². The zero-order valence-electron chi connectivity index (χ0n) is 8.44. The maximum atomic E-state index is 8.00. The third-order valence-electron chi connectivity index (χ3n) is 1.38. The topological polar surface area (TPSA) is 34.1 Å². The van der Waals surface area contributed by atoms with E-state index in [0.717, 1.165) is 0 Å². The van der Waals surface area contributed by atoms with Crippen molar-refractivity contribution in [1.29, 1.82) is 0 Å². The zero-order chi connectivity index (χ0) is 10.5. The molecule has 0 saturated heterocycles. The first-order chi connectivity index (χ1) is 6.43. The summed E-state index contributed by atoms with van der Waals surface area (Å²) in [6.45, 7) is 6.20. The van der Waals surface area contributed by atoms with Crippen LogP contribution in [0.4, 0.5) is 0 Å². The van der Waals surface area contributed by atoms with Crippen LogP contribution in [0.1, 0.15) is 18.9 Å². The van der Waals surface area contributed by atoms with Crippen molar-refractivity contribution < 1.29 is 9.59 Å². The van der Waals surface area contributed by atoms with E-state index < -0.39 is 0 Å². The zero-order valence-corrected chi connectivity index (χ0v) is 9.26. The van der Waals surface area contributed by atoms with Crippen LogP contribution >= 0.6 is 12.4 Å². The van der Waals surface area contributed by atoms with Crippen molar-refractivity contribution in [2.45, 2.75) is 19.8 Å². The van der Waals surface area contributed by atoms with E-state index in [-0.39, 0.29) is 12.4 Å². The van der Waals surface area contributed by atoms with Crippen molar-refractivity contribution in [3.8, 4) is 0 Å². The fourth-order valence-electron chi connectivity index (χ4n) is 0.933. The minimum Gasteiger partial charge on any atom is -0.307 e. The molecule has 0 aliphatic carbocycles. The Morgan fingerprint density at radius 2 is 1.43 bits per heavy atom. The molecule has 0 aliphatic heterocycles. The van der Waals surface area contributed by atoms with E-state index in [2.05, 4.69) is 37.3 Å². The summed E-state index contributed by atoms with van der Waals surface area (Å²) in [5.74, 6) is 0. The highest BCUT2D eigenvalue weighted by atomic mass is 35.5. The molecule has 0 saturated carbocycles. The third-order valence-corrected chi connectivity index (χ3v) is 1.38. The second kappa shape index (κ2) is 17.8. The molecule has 1 aromatic carbocycles. The van der Waals surface area contributed by atoms with Crippen LogP contribution < -0.4 is 0 Å². The number of rotatable bonds is 2. The quantitative estimate of drug-likeness (QED) is 0.762. The number of aryl methyl sites for hydroxylation is 1. The molecule has 0 amide bonds. The normalized spacial score (nSPS) is 6.64. The van der Waals surface area contributed by atoms with Crippen molar-refractivity contribution in [3.63, 3.8) is 0 Å². The van der Waals surface area contributed by atoms with Gasteiger partial charge in [0.1, 0.15) is 13.6 Å². The van der Waals surface area contributed by atoms with E-state index in [1.54, 1.807) is 0 Å². The molecule has 80 valence electrons. The van der Waals surface area contributed by atoms with E-state index in [0.29, 0.717) is 0 Å². The lowest BCUT2D eigenvalue weighted by Gasteiger charge is -1.93. The van der Waals surface area contributed by atoms with Crippen LogP contribution in [0.5, 0.6) is 0 Å². The Morgan fingerprint density at radius 3 is 1.79 bits per heavy atom. The number of hydrogen-bond acceptors (Lipinski definition) is 2. The highest BCUT2D eigenvalue weighted by molar-refractivity contribution is 5.85. The second-order valence-electron chi connectivity index (χ2n) is 2.24. The first kappa shape index (κ1) is 18.6. The Hall–Kier alpha value is -1.15. The van der Waals surface area contributed by atoms with Crippen molar-refractivity contribution in [1.82, 2.24) is 0 Å². The Morgan fingerprint density at radius 1 is 1.00 bits per heavy atom. The summed E-state index contributed by atoms with van der Waals surface area (Å²) in [5.41, 5.74) is 1.44. The second-order valence-corrected chi connectivity index (χ2v) is 2.24. The van der Waals surface area contributed by atoms with E-state index in [1.807, 2.05) is 13.6 Å². The van der Waals surface area contributed by atoms with Gasteiger partial charge in [-0.1, -0.05) is 43.7 Å². The smallest absolute Gasteiger partial charge is 0.106 e. The maximum absolute atomic E-state index is 8.00. The molecule has 0 aromatic heterocycles. The summed E-state index contributed by atoms with van der Waals surface area (Å²) >= 11 is 0. The molecule has 0 atom stereocenters. The lowest BCUT2D eigenvalue weighted by Crippen LogP contribution is -1.78. The maximum Gasteiger partial charge on any atom is 0.106 e. The minimum absolute atomic E-state index is 0.